The van der Waals surface area contributed by atoms with E-state index in [1.807, 2.05) is 18.5 Å². The van der Waals surface area contributed by atoms with Crippen LogP contribution in [-0.2, 0) is 21.0 Å². The highest BCUT2D eigenvalue weighted by atomic mass is 32.3. The molecule has 1 aromatic heterocycles. The molecule has 0 amide bonds. The van der Waals surface area contributed by atoms with Gasteiger partial charge >= 0.3 is 0 Å². The Labute approximate surface area is 124 Å². The standard InChI is InChI=1S/C13H14NO.CH4O4S/c1-15-14-9-7-13(8-10-14)11-12-5-3-2-4-6-12;1-5-6(2,3)4/h2-10H,11H2,1H3;1H3,(H,2,3,4)/q+1;/p-1. The maximum Gasteiger partial charge on any atom is 0.222 e. The summed E-state index contributed by atoms with van der Waals surface area (Å²) in [5.74, 6) is 0. The van der Waals surface area contributed by atoms with Gasteiger partial charge in [0.1, 0.15) is 7.11 Å². The van der Waals surface area contributed by atoms with Crippen molar-refractivity contribution >= 4 is 10.4 Å². The molecule has 0 bridgehead atoms. The van der Waals surface area contributed by atoms with E-state index in [1.54, 1.807) is 11.8 Å². The van der Waals surface area contributed by atoms with Gasteiger partial charge in [0.05, 0.1) is 7.11 Å². The highest BCUT2D eigenvalue weighted by Crippen LogP contribution is 2.06. The first kappa shape index (κ1) is 17.1. The molecule has 7 heteroatoms. The van der Waals surface area contributed by atoms with Gasteiger partial charge in [-0.2, -0.15) is 0 Å². The molecule has 1 heterocycles. The molecule has 0 saturated heterocycles. The van der Waals surface area contributed by atoms with Crippen molar-refractivity contribution < 1.29 is 26.7 Å². The van der Waals surface area contributed by atoms with E-state index in [-0.39, 0.29) is 0 Å². The first-order valence-corrected chi connectivity index (χ1v) is 7.38. The molecule has 0 N–H and O–H groups in total. The fourth-order valence-corrected chi connectivity index (χ4v) is 1.51. The number of rotatable bonds is 4. The van der Waals surface area contributed by atoms with Gasteiger partial charge in [-0.05, 0) is 17.5 Å². The number of benzene rings is 1. The Morgan fingerprint density at radius 2 is 1.48 bits per heavy atom. The van der Waals surface area contributed by atoms with Gasteiger partial charge in [-0.15, -0.1) is 0 Å². The topological polar surface area (TPSA) is 79.5 Å². The van der Waals surface area contributed by atoms with Crippen LogP contribution in [0.15, 0.2) is 54.9 Å². The van der Waals surface area contributed by atoms with Gasteiger partial charge in [0.25, 0.3) is 0 Å². The average molecular weight is 311 g/mol. The molecular weight excluding hydrogens is 294 g/mol. The van der Waals surface area contributed by atoms with Gasteiger partial charge in [-0.25, -0.2) is 8.42 Å². The number of pyridine rings is 1. The SMILES string of the molecule is COS(=O)(=O)[O-].CO[n+]1ccc(Cc2ccccc2)cc1. The van der Waals surface area contributed by atoms with Crippen molar-refractivity contribution in [1.82, 2.24) is 0 Å². The van der Waals surface area contributed by atoms with Crippen molar-refractivity contribution in [3.8, 4) is 0 Å². The summed E-state index contributed by atoms with van der Waals surface area (Å²) in [5.41, 5.74) is 2.61. The summed E-state index contributed by atoms with van der Waals surface area (Å²) in [6.45, 7) is 0. The van der Waals surface area contributed by atoms with Gasteiger partial charge < -0.3 is 4.55 Å². The largest absolute Gasteiger partial charge is 0.726 e. The van der Waals surface area contributed by atoms with Crippen molar-refractivity contribution in [1.29, 1.82) is 0 Å². The summed E-state index contributed by atoms with van der Waals surface area (Å²) in [4.78, 5) is 5.04. The third-order valence-corrected chi connectivity index (χ3v) is 2.95. The molecule has 0 unspecified atom stereocenters. The number of aromatic nitrogens is 1. The van der Waals surface area contributed by atoms with E-state index in [1.165, 1.54) is 11.1 Å². The third-order valence-electron chi connectivity index (χ3n) is 2.54. The molecule has 0 aliphatic rings. The van der Waals surface area contributed by atoms with Gasteiger partial charge in [-0.3, -0.25) is 9.02 Å². The average Bonchev–Trinajstić information content (AvgIpc) is 2.49. The highest BCUT2D eigenvalue weighted by Gasteiger charge is 2.00. The number of hydrogen-bond donors (Lipinski definition) is 0. The molecule has 1 aromatic carbocycles. The molecule has 2 rings (SSSR count). The molecule has 0 aliphatic heterocycles. The van der Waals surface area contributed by atoms with Crippen LogP contribution < -0.4 is 9.57 Å². The molecule has 21 heavy (non-hydrogen) atoms. The molecule has 0 radical (unpaired) electrons. The van der Waals surface area contributed by atoms with Crippen LogP contribution in [0.2, 0.25) is 0 Å². The maximum atomic E-state index is 9.22. The molecule has 2 aromatic rings. The van der Waals surface area contributed by atoms with E-state index < -0.39 is 10.4 Å². The zero-order valence-electron chi connectivity index (χ0n) is 11.8. The monoisotopic (exact) mass is 311 g/mol. The second-order valence-electron chi connectivity index (χ2n) is 3.99. The van der Waals surface area contributed by atoms with Crippen LogP contribution in [0.1, 0.15) is 11.1 Å². The predicted octanol–water partition coefficient (Wildman–Crippen LogP) is 0.716. The zero-order valence-corrected chi connectivity index (χ0v) is 12.6. The summed E-state index contributed by atoms with van der Waals surface area (Å²) in [6, 6.07) is 14.6. The lowest BCUT2D eigenvalue weighted by Crippen LogP contribution is -2.39. The lowest BCUT2D eigenvalue weighted by Gasteiger charge is -1.99. The molecule has 114 valence electrons. The van der Waals surface area contributed by atoms with Crippen LogP contribution in [0.5, 0.6) is 0 Å². The van der Waals surface area contributed by atoms with Gasteiger partial charge in [0.15, 0.2) is 0 Å². The van der Waals surface area contributed by atoms with Crippen molar-refractivity contribution in [2.24, 2.45) is 0 Å². The summed E-state index contributed by atoms with van der Waals surface area (Å²) in [5, 5.41) is 0. The zero-order chi connectivity index (χ0) is 15.7. The molecule has 0 fully saturated rings. The normalized spacial score (nSPS) is 10.4. The van der Waals surface area contributed by atoms with Crippen molar-refractivity contribution in [2.45, 2.75) is 6.42 Å². The summed E-state index contributed by atoms with van der Waals surface area (Å²) in [6.07, 6.45) is 4.79. The summed E-state index contributed by atoms with van der Waals surface area (Å²) >= 11 is 0. The lowest BCUT2D eigenvalue weighted by molar-refractivity contribution is -0.885. The lowest BCUT2D eigenvalue weighted by atomic mass is 10.1. The van der Waals surface area contributed by atoms with E-state index in [4.69, 9.17) is 4.84 Å². The fourth-order valence-electron chi connectivity index (χ4n) is 1.51. The second kappa shape index (κ2) is 8.35. The summed E-state index contributed by atoms with van der Waals surface area (Å²) < 4.78 is 32.7. The van der Waals surface area contributed by atoms with Crippen LogP contribution in [-0.4, -0.2) is 27.2 Å². The maximum absolute atomic E-state index is 9.22. The number of hydrogen-bond acceptors (Lipinski definition) is 5. The van der Waals surface area contributed by atoms with Crippen molar-refractivity contribution in [3.63, 3.8) is 0 Å². The Morgan fingerprint density at radius 1 is 1.00 bits per heavy atom. The Bertz CT molecular complexity index is 626. The van der Waals surface area contributed by atoms with E-state index >= 15 is 0 Å². The molecule has 0 spiro atoms. The van der Waals surface area contributed by atoms with Crippen LogP contribution in [0.3, 0.4) is 0 Å². The molecule has 0 saturated carbocycles. The first-order valence-electron chi connectivity index (χ1n) is 6.04. The summed E-state index contributed by atoms with van der Waals surface area (Å²) in [7, 11) is -1.95. The van der Waals surface area contributed by atoms with Gasteiger partial charge in [0.2, 0.25) is 22.8 Å². The minimum absolute atomic E-state index is 0.808. The van der Waals surface area contributed by atoms with E-state index in [9.17, 15) is 13.0 Å². The van der Waals surface area contributed by atoms with Crippen LogP contribution >= 0.6 is 0 Å². The minimum atomic E-state index is -4.41. The quantitative estimate of drug-likeness (QED) is 0.472. The molecule has 6 nitrogen and oxygen atoms in total. The highest BCUT2D eigenvalue weighted by molar-refractivity contribution is 7.80. The first-order chi connectivity index (χ1) is 9.94. The van der Waals surface area contributed by atoms with Gasteiger partial charge in [-0.1, -0.05) is 30.3 Å². The fraction of sp³-hybridized carbons (Fsp3) is 0.214. The Hall–Kier alpha value is -1.96. The second-order valence-corrected chi connectivity index (χ2v) is 5.14. The third kappa shape index (κ3) is 7.40. The number of nitrogens with zero attached hydrogens (tertiary/aromatic N) is 1. The predicted molar refractivity (Wildman–Crippen MR) is 75.1 cm³/mol. The van der Waals surface area contributed by atoms with E-state index in [0.717, 1.165) is 13.5 Å². The van der Waals surface area contributed by atoms with Crippen LogP contribution in [0, 0.1) is 0 Å². The molecular formula is C14H17NO5S. The van der Waals surface area contributed by atoms with E-state index in [0.29, 0.717) is 0 Å². The smallest absolute Gasteiger partial charge is 0.222 e. The Kier molecular flexibility index (Phi) is 6.80. The molecule has 0 aliphatic carbocycles. The van der Waals surface area contributed by atoms with Crippen molar-refractivity contribution in [2.75, 3.05) is 14.2 Å². The van der Waals surface area contributed by atoms with Crippen LogP contribution in [0.4, 0.5) is 0 Å². The Morgan fingerprint density at radius 3 is 1.90 bits per heavy atom. The molecule has 0 atom stereocenters. The van der Waals surface area contributed by atoms with E-state index in [2.05, 4.69) is 40.6 Å². The van der Waals surface area contributed by atoms with Gasteiger partial charge in [0, 0.05) is 16.9 Å². The minimum Gasteiger partial charge on any atom is -0.726 e. The van der Waals surface area contributed by atoms with Crippen molar-refractivity contribution in [3.05, 3.63) is 66.0 Å². The Balaban J connectivity index is 0.000000315. The van der Waals surface area contributed by atoms with Crippen LogP contribution in [0.25, 0.3) is 0 Å².